The van der Waals surface area contributed by atoms with Gasteiger partial charge in [-0.25, -0.2) is 8.78 Å². The Labute approximate surface area is 119 Å². The van der Waals surface area contributed by atoms with E-state index >= 15 is 0 Å². The molecule has 0 radical (unpaired) electrons. The van der Waals surface area contributed by atoms with Gasteiger partial charge in [-0.15, -0.1) is 12.4 Å². The lowest BCUT2D eigenvalue weighted by molar-refractivity contribution is -0.384. The molecule has 0 saturated heterocycles. The number of benzene rings is 1. The van der Waals surface area contributed by atoms with Gasteiger partial charge in [0.15, 0.2) is 0 Å². The summed E-state index contributed by atoms with van der Waals surface area (Å²) in [7, 11) is 0. The topological polar surface area (TPSA) is 98.3 Å². The van der Waals surface area contributed by atoms with Crippen LogP contribution in [0.15, 0.2) is 18.2 Å². The second kappa shape index (κ2) is 7.11. The summed E-state index contributed by atoms with van der Waals surface area (Å²) in [5.74, 6) is -4.00. The molecule has 0 aliphatic heterocycles. The molecule has 0 aromatic heterocycles. The summed E-state index contributed by atoms with van der Waals surface area (Å²) in [5, 5.41) is 12.6. The van der Waals surface area contributed by atoms with Crippen molar-refractivity contribution < 1.29 is 18.5 Å². The number of rotatable bonds is 5. The Hall–Kier alpha value is -1.80. The Balaban J connectivity index is 0.00000361. The van der Waals surface area contributed by atoms with Crippen LogP contribution >= 0.6 is 12.4 Å². The van der Waals surface area contributed by atoms with Crippen LogP contribution in [0.25, 0.3) is 0 Å². The zero-order valence-electron chi connectivity index (χ0n) is 10.6. The van der Waals surface area contributed by atoms with E-state index in [0.29, 0.717) is 5.56 Å². The summed E-state index contributed by atoms with van der Waals surface area (Å²) in [6.45, 7) is -0.245. The molecule has 0 unspecified atom stereocenters. The highest BCUT2D eigenvalue weighted by atomic mass is 35.5. The standard InChI is InChI=1S/C11H13F2N3O3.ClH/c1-7-2-3-8(16(18)19)4-9(7)10(17)15-6-11(12,13)5-14;/h2-4H,5-6,14H2,1H3,(H,15,17);1H. The first-order valence-electron chi connectivity index (χ1n) is 5.38. The zero-order chi connectivity index (χ0) is 14.6. The molecular formula is C11H14ClF2N3O3. The first kappa shape index (κ1) is 18.2. The van der Waals surface area contributed by atoms with Crippen molar-refractivity contribution in [2.75, 3.05) is 13.1 Å². The molecule has 0 spiro atoms. The molecule has 1 aromatic rings. The fourth-order valence-electron chi connectivity index (χ4n) is 1.35. The summed E-state index contributed by atoms with van der Waals surface area (Å²) < 4.78 is 25.8. The number of hydrogen-bond donors (Lipinski definition) is 2. The average Bonchev–Trinajstić information content (AvgIpc) is 2.36. The maximum atomic E-state index is 12.9. The van der Waals surface area contributed by atoms with Crippen molar-refractivity contribution in [1.82, 2.24) is 5.32 Å². The van der Waals surface area contributed by atoms with Crippen LogP contribution in [0.1, 0.15) is 15.9 Å². The second-order valence-electron chi connectivity index (χ2n) is 4.00. The molecule has 1 rings (SSSR count). The van der Waals surface area contributed by atoms with Gasteiger partial charge in [-0.05, 0) is 12.5 Å². The van der Waals surface area contributed by atoms with Gasteiger partial charge in [0.25, 0.3) is 17.5 Å². The summed E-state index contributed by atoms with van der Waals surface area (Å²) in [4.78, 5) is 21.6. The Morgan fingerprint density at radius 1 is 1.50 bits per heavy atom. The maximum absolute atomic E-state index is 12.9. The van der Waals surface area contributed by atoms with E-state index in [9.17, 15) is 23.7 Å². The molecule has 0 aliphatic rings. The number of nitrogens with two attached hydrogens (primary N) is 1. The van der Waals surface area contributed by atoms with Crippen molar-refractivity contribution in [2.24, 2.45) is 5.73 Å². The van der Waals surface area contributed by atoms with Crippen LogP contribution in [-0.4, -0.2) is 29.8 Å². The van der Waals surface area contributed by atoms with Gasteiger partial charge in [0.2, 0.25) is 0 Å². The van der Waals surface area contributed by atoms with E-state index < -0.39 is 29.8 Å². The van der Waals surface area contributed by atoms with Crippen molar-refractivity contribution in [3.8, 4) is 0 Å². The maximum Gasteiger partial charge on any atom is 0.277 e. The number of nitro groups is 1. The van der Waals surface area contributed by atoms with E-state index in [1.54, 1.807) is 6.92 Å². The van der Waals surface area contributed by atoms with E-state index in [-0.39, 0.29) is 23.7 Å². The number of alkyl halides is 2. The van der Waals surface area contributed by atoms with E-state index in [4.69, 9.17) is 5.73 Å². The van der Waals surface area contributed by atoms with E-state index in [1.165, 1.54) is 12.1 Å². The number of aryl methyl sites for hydroxylation is 1. The highest BCUT2D eigenvalue weighted by Gasteiger charge is 2.27. The van der Waals surface area contributed by atoms with Crippen LogP contribution in [0.3, 0.4) is 0 Å². The minimum absolute atomic E-state index is 0. The van der Waals surface area contributed by atoms with Crippen LogP contribution in [0.2, 0.25) is 0 Å². The molecule has 9 heteroatoms. The fraction of sp³-hybridized carbons (Fsp3) is 0.364. The zero-order valence-corrected chi connectivity index (χ0v) is 11.4. The number of carbonyl (C=O) groups excluding carboxylic acids is 1. The number of hydrogen-bond acceptors (Lipinski definition) is 4. The van der Waals surface area contributed by atoms with Crippen LogP contribution < -0.4 is 11.1 Å². The molecule has 3 N–H and O–H groups in total. The van der Waals surface area contributed by atoms with E-state index in [2.05, 4.69) is 0 Å². The number of halogens is 3. The minimum Gasteiger partial charge on any atom is -0.346 e. The fourth-order valence-corrected chi connectivity index (χ4v) is 1.35. The number of amides is 1. The highest BCUT2D eigenvalue weighted by Crippen LogP contribution is 2.17. The van der Waals surface area contributed by atoms with Crippen LogP contribution in [0.5, 0.6) is 0 Å². The summed E-state index contributed by atoms with van der Waals surface area (Å²) in [6, 6.07) is 3.67. The first-order valence-corrected chi connectivity index (χ1v) is 5.38. The molecular weight excluding hydrogens is 296 g/mol. The van der Waals surface area contributed by atoms with Crippen LogP contribution in [0.4, 0.5) is 14.5 Å². The van der Waals surface area contributed by atoms with Crippen molar-refractivity contribution in [3.63, 3.8) is 0 Å². The lowest BCUT2D eigenvalue weighted by atomic mass is 10.1. The average molecular weight is 310 g/mol. The number of nitrogens with one attached hydrogen (secondary N) is 1. The van der Waals surface area contributed by atoms with Crippen molar-refractivity contribution in [2.45, 2.75) is 12.8 Å². The molecule has 1 aromatic carbocycles. The molecule has 0 fully saturated rings. The summed E-state index contributed by atoms with van der Waals surface area (Å²) >= 11 is 0. The lowest BCUT2D eigenvalue weighted by Gasteiger charge is -2.15. The molecule has 1 amide bonds. The predicted molar refractivity (Wildman–Crippen MR) is 71.4 cm³/mol. The van der Waals surface area contributed by atoms with Crippen molar-refractivity contribution in [3.05, 3.63) is 39.4 Å². The third kappa shape index (κ3) is 4.71. The Bertz CT molecular complexity index is 512. The van der Waals surface area contributed by atoms with Gasteiger partial charge in [0.05, 0.1) is 18.0 Å². The Morgan fingerprint density at radius 2 is 2.10 bits per heavy atom. The van der Waals surface area contributed by atoms with Crippen molar-refractivity contribution in [1.29, 1.82) is 0 Å². The van der Waals surface area contributed by atoms with Crippen LogP contribution in [-0.2, 0) is 0 Å². The third-order valence-electron chi connectivity index (χ3n) is 2.48. The molecule has 20 heavy (non-hydrogen) atoms. The van der Waals surface area contributed by atoms with Gasteiger partial charge in [-0.1, -0.05) is 6.07 Å². The number of non-ortho nitro benzene ring substituents is 1. The molecule has 0 bridgehead atoms. The van der Waals surface area contributed by atoms with Crippen molar-refractivity contribution >= 4 is 24.0 Å². The smallest absolute Gasteiger partial charge is 0.277 e. The van der Waals surface area contributed by atoms with Gasteiger partial charge in [-0.3, -0.25) is 14.9 Å². The molecule has 0 saturated carbocycles. The molecule has 6 nitrogen and oxygen atoms in total. The minimum atomic E-state index is -3.20. The molecule has 0 heterocycles. The second-order valence-corrected chi connectivity index (χ2v) is 4.00. The van der Waals surface area contributed by atoms with Gasteiger partial charge in [0, 0.05) is 17.7 Å². The first-order chi connectivity index (χ1) is 8.76. The monoisotopic (exact) mass is 309 g/mol. The predicted octanol–water partition coefficient (Wildman–Crippen LogP) is 1.65. The number of carbonyl (C=O) groups is 1. The SMILES string of the molecule is Cc1ccc([N+](=O)[O-])cc1C(=O)NCC(F)(F)CN.Cl. The van der Waals surface area contributed by atoms with E-state index in [1.807, 2.05) is 5.32 Å². The number of nitrogens with zero attached hydrogens (tertiary/aromatic N) is 1. The Morgan fingerprint density at radius 3 is 2.60 bits per heavy atom. The summed E-state index contributed by atoms with van der Waals surface area (Å²) in [5.41, 5.74) is 5.00. The van der Waals surface area contributed by atoms with Gasteiger partial charge in [0.1, 0.15) is 0 Å². The molecule has 112 valence electrons. The molecule has 0 aliphatic carbocycles. The quantitative estimate of drug-likeness (QED) is 0.638. The normalized spacial score (nSPS) is 10.6. The number of nitro benzene ring substituents is 1. The largest absolute Gasteiger partial charge is 0.346 e. The third-order valence-corrected chi connectivity index (χ3v) is 2.48. The van der Waals surface area contributed by atoms with E-state index in [0.717, 1.165) is 6.07 Å². The van der Waals surface area contributed by atoms with Gasteiger partial charge >= 0.3 is 0 Å². The molecule has 0 atom stereocenters. The van der Waals surface area contributed by atoms with Crippen LogP contribution in [0, 0.1) is 17.0 Å². The van der Waals surface area contributed by atoms with Gasteiger partial charge < -0.3 is 11.1 Å². The highest BCUT2D eigenvalue weighted by molar-refractivity contribution is 5.96. The summed E-state index contributed by atoms with van der Waals surface area (Å²) in [6.07, 6.45) is 0. The lowest BCUT2D eigenvalue weighted by Crippen LogP contribution is -2.41. The Kier molecular flexibility index (Phi) is 6.47. The van der Waals surface area contributed by atoms with Gasteiger partial charge in [-0.2, -0.15) is 0 Å².